The van der Waals surface area contributed by atoms with Crippen molar-refractivity contribution in [1.82, 2.24) is 0 Å². The molecule has 2 N–H and O–H groups in total. The zero-order chi connectivity index (χ0) is 15.5. The fourth-order valence-corrected chi connectivity index (χ4v) is 2.04. The molecule has 2 aromatic carbocycles. The van der Waals surface area contributed by atoms with Crippen LogP contribution in [0.15, 0.2) is 48.5 Å². The molecule has 2 aromatic rings. The Kier molecular flexibility index (Phi) is 4.65. The predicted molar refractivity (Wildman–Crippen MR) is 73.5 cm³/mol. The van der Waals surface area contributed by atoms with Crippen molar-refractivity contribution in [1.29, 1.82) is 0 Å². The van der Waals surface area contributed by atoms with Gasteiger partial charge in [-0.25, -0.2) is 0 Å². The van der Waals surface area contributed by atoms with Crippen LogP contribution in [0.5, 0.6) is 0 Å². The Balaban J connectivity index is 2.19. The van der Waals surface area contributed by atoms with Gasteiger partial charge in [0.25, 0.3) is 0 Å². The lowest BCUT2D eigenvalue weighted by Crippen LogP contribution is -2.04. The number of benzene rings is 2. The molecule has 112 valence electrons. The van der Waals surface area contributed by atoms with Crippen molar-refractivity contribution < 1.29 is 23.4 Å². The molecule has 1 unspecified atom stereocenters. The normalized spacial score (nSPS) is 13.2. The molecule has 2 nitrogen and oxygen atoms in total. The summed E-state index contributed by atoms with van der Waals surface area (Å²) in [7, 11) is 0. The molecule has 0 saturated heterocycles. The van der Waals surface area contributed by atoms with Gasteiger partial charge < -0.3 is 10.2 Å². The van der Waals surface area contributed by atoms with E-state index in [1.54, 1.807) is 24.3 Å². The second-order valence-electron chi connectivity index (χ2n) is 4.73. The van der Waals surface area contributed by atoms with Gasteiger partial charge in [0, 0.05) is 13.0 Å². The number of rotatable bonds is 4. The summed E-state index contributed by atoms with van der Waals surface area (Å²) in [5, 5.41) is 18.5. The number of aliphatic hydroxyl groups excluding tert-OH is 2. The summed E-state index contributed by atoms with van der Waals surface area (Å²) >= 11 is 0. The molecule has 0 aliphatic rings. The van der Waals surface area contributed by atoms with E-state index in [2.05, 4.69) is 0 Å². The van der Waals surface area contributed by atoms with Crippen LogP contribution in [0, 0.1) is 0 Å². The highest BCUT2D eigenvalue weighted by Gasteiger charge is 2.29. The molecule has 0 aromatic heterocycles. The van der Waals surface area contributed by atoms with Crippen LogP contribution in [0.3, 0.4) is 0 Å². The third-order valence-corrected chi connectivity index (χ3v) is 3.24. The van der Waals surface area contributed by atoms with Gasteiger partial charge in [-0.15, -0.1) is 0 Å². The van der Waals surface area contributed by atoms with Gasteiger partial charge in [-0.05, 0) is 28.8 Å². The van der Waals surface area contributed by atoms with Crippen LogP contribution in [0.25, 0.3) is 11.1 Å². The van der Waals surface area contributed by atoms with Crippen molar-refractivity contribution in [2.24, 2.45) is 0 Å². The highest BCUT2D eigenvalue weighted by atomic mass is 19.4. The van der Waals surface area contributed by atoms with E-state index in [1.807, 2.05) is 0 Å². The average molecular weight is 296 g/mol. The second-order valence-corrected chi connectivity index (χ2v) is 4.73. The van der Waals surface area contributed by atoms with Gasteiger partial charge in [-0.1, -0.05) is 36.4 Å². The standard InChI is InChI=1S/C16H15F3O2/c17-16(18,19)14-7-5-12(6-8-14)11-1-3-13(4-2-11)15(21)9-10-20/h1-8,15,20-21H,9-10H2. The van der Waals surface area contributed by atoms with E-state index < -0.39 is 17.8 Å². The highest BCUT2D eigenvalue weighted by molar-refractivity contribution is 5.64. The maximum Gasteiger partial charge on any atom is 0.416 e. The minimum Gasteiger partial charge on any atom is -0.396 e. The molecule has 0 aliphatic carbocycles. The van der Waals surface area contributed by atoms with Crippen molar-refractivity contribution in [3.8, 4) is 11.1 Å². The Morgan fingerprint density at radius 1 is 0.857 bits per heavy atom. The molecule has 0 fully saturated rings. The first-order valence-electron chi connectivity index (χ1n) is 6.48. The van der Waals surface area contributed by atoms with Crippen molar-refractivity contribution in [3.05, 3.63) is 59.7 Å². The van der Waals surface area contributed by atoms with Crippen molar-refractivity contribution >= 4 is 0 Å². The number of hydrogen-bond acceptors (Lipinski definition) is 2. The molecule has 0 heterocycles. The third-order valence-electron chi connectivity index (χ3n) is 3.24. The molecule has 0 saturated carbocycles. The Morgan fingerprint density at radius 3 is 1.76 bits per heavy atom. The van der Waals surface area contributed by atoms with Gasteiger partial charge in [0.05, 0.1) is 11.7 Å². The van der Waals surface area contributed by atoms with Gasteiger partial charge in [0.15, 0.2) is 0 Å². The quantitative estimate of drug-likeness (QED) is 0.901. The third kappa shape index (κ3) is 3.83. The predicted octanol–water partition coefficient (Wildman–Crippen LogP) is 3.79. The number of aliphatic hydroxyl groups is 2. The number of alkyl halides is 3. The summed E-state index contributed by atoms with van der Waals surface area (Å²) in [6.07, 6.45) is -4.83. The fourth-order valence-electron chi connectivity index (χ4n) is 2.04. The molecule has 0 spiro atoms. The second kappa shape index (κ2) is 6.28. The van der Waals surface area contributed by atoms with E-state index in [-0.39, 0.29) is 13.0 Å². The van der Waals surface area contributed by atoms with Crippen molar-refractivity contribution in [3.63, 3.8) is 0 Å². The fraction of sp³-hybridized carbons (Fsp3) is 0.250. The molecular formula is C16H15F3O2. The van der Waals surface area contributed by atoms with Crippen LogP contribution < -0.4 is 0 Å². The summed E-state index contributed by atoms with van der Waals surface area (Å²) in [4.78, 5) is 0. The lowest BCUT2D eigenvalue weighted by molar-refractivity contribution is -0.137. The van der Waals surface area contributed by atoms with E-state index in [9.17, 15) is 18.3 Å². The first kappa shape index (κ1) is 15.5. The zero-order valence-electron chi connectivity index (χ0n) is 11.1. The number of hydrogen-bond donors (Lipinski definition) is 2. The molecule has 0 radical (unpaired) electrons. The van der Waals surface area contributed by atoms with Gasteiger partial charge in [0.1, 0.15) is 0 Å². The number of halogens is 3. The van der Waals surface area contributed by atoms with Crippen LogP contribution >= 0.6 is 0 Å². The Hall–Kier alpha value is -1.85. The van der Waals surface area contributed by atoms with Gasteiger partial charge >= 0.3 is 6.18 Å². The molecule has 0 amide bonds. The Labute approximate surface area is 120 Å². The minimum absolute atomic E-state index is 0.109. The molecule has 5 heteroatoms. The average Bonchev–Trinajstić information content (AvgIpc) is 2.47. The maximum atomic E-state index is 12.5. The summed E-state index contributed by atoms with van der Waals surface area (Å²) in [6, 6.07) is 11.8. The molecule has 21 heavy (non-hydrogen) atoms. The lowest BCUT2D eigenvalue weighted by Gasteiger charge is -2.11. The smallest absolute Gasteiger partial charge is 0.396 e. The molecular weight excluding hydrogens is 281 g/mol. The van der Waals surface area contributed by atoms with Gasteiger partial charge in [0.2, 0.25) is 0 Å². The van der Waals surface area contributed by atoms with E-state index >= 15 is 0 Å². The summed E-state index contributed by atoms with van der Waals surface area (Å²) in [5.41, 5.74) is 1.43. The summed E-state index contributed by atoms with van der Waals surface area (Å²) in [6.45, 7) is -0.109. The molecule has 2 rings (SSSR count). The van der Waals surface area contributed by atoms with Crippen LogP contribution in [0.2, 0.25) is 0 Å². The molecule has 0 aliphatic heterocycles. The van der Waals surface area contributed by atoms with Crippen LogP contribution in [-0.4, -0.2) is 16.8 Å². The first-order valence-corrected chi connectivity index (χ1v) is 6.48. The SMILES string of the molecule is OCCC(O)c1ccc(-c2ccc(C(F)(F)F)cc2)cc1. The minimum atomic E-state index is -4.34. The van der Waals surface area contributed by atoms with Gasteiger partial charge in [-0.2, -0.15) is 13.2 Å². The van der Waals surface area contributed by atoms with Crippen LogP contribution in [0.1, 0.15) is 23.7 Å². The van der Waals surface area contributed by atoms with Crippen molar-refractivity contribution in [2.75, 3.05) is 6.61 Å². The van der Waals surface area contributed by atoms with Crippen LogP contribution in [0.4, 0.5) is 13.2 Å². The lowest BCUT2D eigenvalue weighted by atomic mass is 10.00. The zero-order valence-corrected chi connectivity index (χ0v) is 11.1. The van der Waals surface area contributed by atoms with Crippen molar-refractivity contribution in [2.45, 2.75) is 18.7 Å². The van der Waals surface area contributed by atoms with E-state index in [0.717, 1.165) is 17.7 Å². The molecule has 1 atom stereocenters. The van der Waals surface area contributed by atoms with Gasteiger partial charge in [-0.3, -0.25) is 0 Å². The van der Waals surface area contributed by atoms with E-state index in [4.69, 9.17) is 5.11 Å². The summed E-state index contributed by atoms with van der Waals surface area (Å²) < 4.78 is 37.5. The highest BCUT2D eigenvalue weighted by Crippen LogP contribution is 2.31. The largest absolute Gasteiger partial charge is 0.416 e. The molecule has 0 bridgehead atoms. The topological polar surface area (TPSA) is 40.5 Å². The monoisotopic (exact) mass is 296 g/mol. The van der Waals surface area contributed by atoms with Crippen LogP contribution in [-0.2, 0) is 6.18 Å². The van der Waals surface area contributed by atoms with E-state index in [0.29, 0.717) is 11.1 Å². The first-order chi connectivity index (χ1) is 9.91. The Morgan fingerprint density at radius 2 is 1.33 bits per heavy atom. The van der Waals surface area contributed by atoms with E-state index in [1.165, 1.54) is 12.1 Å². The Bertz CT molecular complexity index is 574. The maximum absolute atomic E-state index is 12.5. The summed E-state index contributed by atoms with van der Waals surface area (Å²) in [5.74, 6) is 0.